The Morgan fingerprint density at radius 2 is 2.11 bits per heavy atom. The van der Waals surface area contributed by atoms with Crippen LogP contribution in [0.5, 0.6) is 0 Å². The first kappa shape index (κ1) is 14.0. The lowest BCUT2D eigenvalue weighted by Gasteiger charge is -2.07. The Morgan fingerprint density at radius 1 is 1.32 bits per heavy atom. The van der Waals surface area contributed by atoms with Crippen LogP contribution in [0.2, 0.25) is 0 Å². The van der Waals surface area contributed by atoms with Gasteiger partial charge in [-0.15, -0.1) is 0 Å². The molecule has 0 aliphatic rings. The highest BCUT2D eigenvalue weighted by Crippen LogP contribution is 2.20. The molecule has 6 heteroatoms. The number of anilines is 1. The minimum Gasteiger partial charge on any atom is -0.344 e. The van der Waals surface area contributed by atoms with Gasteiger partial charge in [0, 0.05) is 25.1 Å². The molecule has 0 fully saturated rings. The van der Waals surface area contributed by atoms with Crippen molar-refractivity contribution in [2.24, 2.45) is 0 Å². The quantitative estimate of drug-likeness (QED) is 0.915. The SMILES string of the molecule is Cc1cccc(CNCc2nc(N(C)C)no2)c1Br. The van der Waals surface area contributed by atoms with E-state index in [1.807, 2.05) is 25.1 Å². The Labute approximate surface area is 121 Å². The lowest BCUT2D eigenvalue weighted by Crippen LogP contribution is -2.14. The van der Waals surface area contributed by atoms with Gasteiger partial charge in [-0.2, -0.15) is 4.98 Å². The van der Waals surface area contributed by atoms with Gasteiger partial charge in [-0.25, -0.2) is 0 Å². The van der Waals surface area contributed by atoms with Gasteiger partial charge in [0.2, 0.25) is 5.89 Å². The molecular formula is C13H17BrN4O. The van der Waals surface area contributed by atoms with E-state index in [2.05, 4.69) is 50.4 Å². The van der Waals surface area contributed by atoms with Crippen LogP contribution in [-0.4, -0.2) is 24.2 Å². The molecule has 2 rings (SSSR count). The zero-order chi connectivity index (χ0) is 13.8. The van der Waals surface area contributed by atoms with Gasteiger partial charge >= 0.3 is 0 Å². The monoisotopic (exact) mass is 324 g/mol. The summed E-state index contributed by atoms with van der Waals surface area (Å²) in [6.07, 6.45) is 0. The molecule has 102 valence electrons. The number of aromatic nitrogens is 2. The summed E-state index contributed by atoms with van der Waals surface area (Å²) in [5.74, 6) is 1.18. The van der Waals surface area contributed by atoms with E-state index in [4.69, 9.17) is 4.52 Å². The molecule has 0 aliphatic heterocycles. The molecule has 0 unspecified atom stereocenters. The number of halogens is 1. The number of nitrogens with zero attached hydrogens (tertiary/aromatic N) is 3. The minimum absolute atomic E-state index is 0.557. The minimum atomic E-state index is 0.557. The fourth-order valence-electron chi connectivity index (χ4n) is 1.65. The summed E-state index contributed by atoms with van der Waals surface area (Å²) in [4.78, 5) is 6.06. The van der Waals surface area contributed by atoms with Crippen LogP contribution in [-0.2, 0) is 13.1 Å². The zero-order valence-electron chi connectivity index (χ0n) is 11.3. The van der Waals surface area contributed by atoms with E-state index in [1.165, 1.54) is 11.1 Å². The summed E-state index contributed by atoms with van der Waals surface area (Å²) in [6.45, 7) is 3.39. The number of hydrogen-bond acceptors (Lipinski definition) is 5. The Bertz CT molecular complexity index is 553. The van der Waals surface area contributed by atoms with Crippen molar-refractivity contribution in [2.45, 2.75) is 20.0 Å². The van der Waals surface area contributed by atoms with E-state index in [0.29, 0.717) is 18.4 Å². The Balaban J connectivity index is 1.91. The molecule has 0 atom stereocenters. The van der Waals surface area contributed by atoms with Gasteiger partial charge in [-0.1, -0.05) is 34.1 Å². The molecule has 0 bridgehead atoms. The second-order valence-corrected chi connectivity index (χ2v) is 5.33. The Hall–Kier alpha value is -1.40. The average Bonchev–Trinajstić information content (AvgIpc) is 2.83. The first-order valence-corrected chi connectivity index (χ1v) is 6.82. The van der Waals surface area contributed by atoms with E-state index in [-0.39, 0.29) is 0 Å². The Kier molecular flexibility index (Phi) is 4.55. The second-order valence-electron chi connectivity index (χ2n) is 4.53. The maximum absolute atomic E-state index is 5.14. The van der Waals surface area contributed by atoms with Crippen LogP contribution in [0.15, 0.2) is 27.2 Å². The highest BCUT2D eigenvalue weighted by molar-refractivity contribution is 9.10. The van der Waals surface area contributed by atoms with Crippen LogP contribution in [0.3, 0.4) is 0 Å². The summed E-state index contributed by atoms with van der Waals surface area (Å²) in [5, 5.41) is 7.16. The molecule has 0 spiro atoms. The first-order chi connectivity index (χ1) is 9.08. The molecule has 0 aliphatic carbocycles. The van der Waals surface area contributed by atoms with E-state index in [9.17, 15) is 0 Å². The lowest BCUT2D eigenvalue weighted by molar-refractivity contribution is 0.367. The van der Waals surface area contributed by atoms with Crippen molar-refractivity contribution in [3.8, 4) is 0 Å². The van der Waals surface area contributed by atoms with Crippen LogP contribution in [0.1, 0.15) is 17.0 Å². The molecule has 0 saturated heterocycles. The van der Waals surface area contributed by atoms with Gasteiger partial charge in [-0.3, -0.25) is 0 Å². The van der Waals surface area contributed by atoms with Crippen molar-refractivity contribution < 1.29 is 4.52 Å². The second kappa shape index (κ2) is 6.16. The van der Waals surface area contributed by atoms with Crippen molar-refractivity contribution in [1.29, 1.82) is 0 Å². The normalized spacial score (nSPS) is 10.7. The number of hydrogen-bond donors (Lipinski definition) is 1. The van der Waals surface area contributed by atoms with Gasteiger partial charge in [0.05, 0.1) is 6.54 Å². The summed E-state index contributed by atoms with van der Waals surface area (Å²) < 4.78 is 6.28. The molecule has 1 aromatic heterocycles. The first-order valence-electron chi connectivity index (χ1n) is 6.02. The van der Waals surface area contributed by atoms with Crippen molar-refractivity contribution in [3.63, 3.8) is 0 Å². The summed E-state index contributed by atoms with van der Waals surface area (Å²) in [7, 11) is 3.76. The number of nitrogens with one attached hydrogen (secondary N) is 1. The molecule has 0 amide bonds. The number of aryl methyl sites for hydroxylation is 1. The average molecular weight is 325 g/mol. The van der Waals surface area contributed by atoms with Crippen molar-refractivity contribution in [1.82, 2.24) is 15.5 Å². The van der Waals surface area contributed by atoms with Gasteiger partial charge in [0.25, 0.3) is 5.95 Å². The molecule has 19 heavy (non-hydrogen) atoms. The third-order valence-corrected chi connectivity index (χ3v) is 3.86. The van der Waals surface area contributed by atoms with Crippen molar-refractivity contribution >= 4 is 21.9 Å². The molecule has 1 N–H and O–H groups in total. The van der Waals surface area contributed by atoms with Gasteiger partial charge in [0.15, 0.2) is 0 Å². The number of benzene rings is 1. The van der Waals surface area contributed by atoms with Crippen LogP contribution in [0, 0.1) is 6.92 Å². The molecule has 0 radical (unpaired) electrons. The summed E-state index contributed by atoms with van der Waals surface area (Å²) in [6, 6.07) is 6.21. The topological polar surface area (TPSA) is 54.2 Å². The smallest absolute Gasteiger partial charge is 0.265 e. The van der Waals surface area contributed by atoms with Crippen molar-refractivity contribution in [3.05, 3.63) is 39.7 Å². The van der Waals surface area contributed by atoms with Crippen LogP contribution < -0.4 is 10.2 Å². The molecule has 5 nitrogen and oxygen atoms in total. The van der Waals surface area contributed by atoms with Crippen LogP contribution in [0.25, 0.3) is 0 Å². The van der Waals surface area contributed by atoms with Gasteiger partial charge in [-0.05, 0) is 23.2 Å². The van der Waals surface area contributed by atoms with E-state index < -0.39 is 0 Å². The van der Waals surface area contributed by atoms with Gasteiger partial charge < -0.3 is 14.7 Å². The third-order valence-electron chi connectivity index (χ3n) is 2.72. The maximum Gasteiger partial charge on any atom is 0.265 e. The zero-order valence-corrected chi connectivity index (χ0v) is 12.9. The van der Waals surface area contributed by atoms with Crippen LogP contribution in [0.4, 0.5) is 5.95 Å². The summed E-state index contributed by atoms with van der Waals surface area (Å²) in [5.41, 5.74) is 2.44. The fourth-order valence-corrected chi connectivity index (χ4v) is 2.05. The largest absolute Gasteiger partial charge is 0.344 e. The molecule has 1 heterocycles. The maximum atomic E-state index is 5.14. The lowest BCUT2D eigenvalue weighted by atomic mass is 10.1. The highest BCUT2D eigenvalue weighted by atomic mass is 79.9. The number of rotatable bonds is 5. The predicted octanol–water partition coefficient (Wildman–Crippen LogP) is 2.50. The standard InChI is InChI=1S/C13H17BrN4O/c1-9-5-4-6-10(12(9)14)7-15-8-11-16-13(17-19-11)18(2)3/h4-6,15H,7-8H2,1-3H3. The fraction of sp³-hybridized carbons (Fsp3) is 0.385. The predicted molar refractivity (Wildman–Crippen MR) is 78.0 cm³/mol. The van der Waals surface area contributed by atoms with E-state index in [1.54, 1.807) is 0 Å². The molecular weight excluding hydrogens is 308 g/mol. The molecule has 2 aromatic rings. The molecule has 1 aromatic carbocycles. The highest BCUT2D eigenvalue weighted by Gasteiger charge is 2.07. The third kappa shape index (κ3) is 3.54. The van der Waals surface area contributed by atoms with Crippen molar-refractivity contribution in [2.75, 3.05) is 19.0 Å². The molecule has 0 saturated carbocycles. The Morgan fingerprint density at radius 3 is 2.79 bits per heavy atom. The van der Waals surface area contributed by atoms with E-state index >= 15 is 0 Å². The van der Waals surface area contributed by atoms with E-state index in [0.717, 1.165) is 11.0 Å². The van der Waals surface area contributed by atoms with Crippen LogP contribution >= 0.6 is 15.9 Å². The summed E-state index contributed by atoms with van der Waals surface area (Å²) >= 11 is 3.59. The van der Waals surface area contributed by atoms with Gasteiger partial charge in [0.1, 0.15) is 0 Å².